The molecule has 3 aromatic rings. The molecule has 2 N–H and O–H groups in total. The first-order valence-electron chi connectivity index (χ1n) is 8.11. The van der Waals surface area contributed by atoms with E-state index in [9.17, 15) is 9.59 Å². The standard InChI is InChI=1S/C21H15N3O2S/c22-14-15-8-4-5-11-17(15)23-20(25)21(26)24-18-12-6-7-13-19(18)27-16-9-2-1-3-10-16/h1-13H,(H,23,25)(H,24,26). The molecule has 0 radical (unpaired) electrons. The van der Waals surface area contributed by atoms with Crippen LogP contribution in [0, 0.1) is 11.3 Å². The van der Waals surface area contributed by atoms with E-state index in [2.05, 4.69) is 10.6 Å². The predicted molar refractivity (Wildman–Crippen MR) is 105 cm³/mol. The van der Waals surface area contributed by atoms with Gasteiger partial charge in [-0.15, -0.1) is 0 Å². The SMILES string of the molecule is N#Cc1ccccc1NC(=O)C(=O)Nc1ccccc1Sc1ccccc1. The van der Waals surface area contributed by atoms with Crippen molar-refractivity contribution in [2.24, 2.45) is 0 Å². The molecule has 5 nitrogen and oxygen atoms in total. The van der Waals surface area contributed by atoms with Gasteiger partial charge in [-0.3, -0.25) is 9.59 Å². The Morgan fingerprint density at radius 2 is 1.30 bits per heavy atom. The first-order chi connectivity index (χ1) is 13.2. The highest BCUT2D eigenvalue weighted by atomic mass is 32.2. The minimum absolute atomic E-state index is 0.290. The number of rotatable bonds is 4. The molecule has 0 atom stereocenters. The van der Waals surface area contributed by atoms with Crippen LogP contribution in [-0.2, 0) is 9.59 Å². The van der Waals surface area contributed by atoms with E-state index in [-0.39, 0.29) is 0 Å². The summed E-state index contributed by atoms with van der Waals surface area (Å²) in [6, 6.07) is 25.5. The number of anilines is 2. The number of carbonyl (C=O) groups is 2. The van der Waals surface area contributed by atoms with Gasteiger partial charge in [-0.25, -0.2) is 0 Å². The van der Waals surface area contributed by atoms with E-state index in [1.807, 2.05) is 48.5 Å². The van der Waals surface area contributed by atoms with Crippen LogP contribution in [0.25, 0.3) is 0 Å². The molecule has 2 amide bonds. The van der Waals surface area contributed by atoms with E-state index in [4.69, 9.17) is 5.26 Å². The Balaban J connectivity index is 1.72. The summed E-state index contributed by atoms with van der Waals surface area (Å²) >= 11 is 1.49. The number of carbonyl (C=O) groups excluding carboxylic acids is 2. The quantitative estimate of drug-likeness (QED) is 0.669. The molecule has 132 valence electrons. The van der Waals surface area contributed by atoms with Crippen molar-refractivity contribution < 1.29 is 9.59 Å². The van der Waals surface area contributed by atoms with Gasteiger partial charge in [0, 0.05) is 9.79 Å². The molecule has 0 heterocycles. The summed E-state index contributed by atoms with van der Waals surface area (Å²) in [5, 5.41) is 14.2. The number of amides is 2. The minimum atomic E-state index is -0.836. The van der Waals surface area contributed by atoms with Crippen molar-refractivity contribution in [1.82, 2.24) is 0 Å². The normalized spacial score (nSPS) is 9.89. The maximum Gasteiger partial charge on any atom is 0.314 e. The first-order valence-corrected chi connectivity index (χ1v) is 8.92. The van der Waals surface area contributed by atoms with Crippen molar-refractivity contribution in [2.75, 3.05) is 10.6 Å². The summed E-state index contributed by atoms with van der Waals surface area (Å²) < 4.78 is 0. The molecule has 0 spiro atoms. The zero-order valence-corrected chi connectivity index (χ0v) is 15.0. The molecule has 0 bridgehead atoms. The highest BCUT2D eigenvalue weighted by Crippen LogP contribution is 2.33. The van der Waals surface area contributed by atoms with E-state index in [0.29, 0.717) is 16.9 Å². The second kappa shape index (κ2) is 8.70. The fourth-order valence-electron chi connectivity index (χ4n) is 2.32. The average molecular weight is 373 g/mol. The van der Waals surface area contributed by atoms with Crippen LogP contribution in [0.4, 0.5) is 11.4 Å². The van der Waals surface area contributed by atoms with Crippen LogP contribution in [0.2, 0.25) is 0 Å². The van der Waals surface area contributed by atoms with Gasteiger partial charge in [0.05, 0.1) is 16.9 Å². The molecular formula is C21H15N3O2S. The van der Waals surface area contributed by atoms with E-state index < -0.39 is 11.8 Å². The van der Waals surface area contributed by atoms with Gasteiger partial charge in [-0.1, -0.05) is 54.2 Å². The van der Waals surface area contributed by atoms with Crippen LogP contribution in [0.5, 0.6) is 0 Å². The van der Waals surface area contributed by atoms with Crippen molar-refractivity contribution in [3.05, 3.63) is 84.4 Å². The molecule has 0 fully saturated rings. The highest BCUT2D eigenvalue weighted by Gasteiger charge is 2.17. The van der Waals surface area contributed by atoms with E-state index in [0.717, 1.165) is 9.79 Å². The number of hydrogen-bond acceptors (Lipinski definition) is 4. The maximum absolute atomic E-state index is 12.3. The lowest BCUT2D eigenvalue weighted by Gasteiger charge is -2.11. The van der Waals surface area contributed by atoms with Crippen molar-refractivity contribution in [1.29, 1.82) is 5.26 Å². The van der Waals surface area contributed by atoms with Crippen LogP contribution >= 0.6 is 11.8 Å². The lowest BCUT2D eigenvalue weighted by atomic mass is 10.2. The second-order valence-electron chi connectivity index (χ2n) is 5.48. The van der Waals surface area contributed by atoms with Gasteiger partial charge in [-0.05, 0) is 36.4 Å². The predicted octanol–water partition coefficient (Wildman–Crippen LogP) is 4.29. The third-order valence-electron chi connectivity index (χ3n) is 3.61. The van der Waals surface area contributed by atoms with Crippen LogP contribution in [0.3, 0.4) is 0 Å². The highest BCUT2D eigenvalue weighted by molar-refractivity contribution is 7.99. The molecule has 0 aliphatic rings. The molecule has 0 aliphatic heterocycles. The van der Waals surface area contributed by atoms with Gasteiger partial charge in [0.15, 0.2) is 0 Å². The molecule has 0 aliphatic carbocycles. The molecule has 6 heteroatoms. The summed E-state index contributed by atoms with van der Waals surface area (Å²) in [6.07, 6.45) is 0. The van der Waals surface area contributed by atoms with Gasteiger partial charge in [0.25, 0.3) is 0 Å². The van der Waals surface area contributed by atoms with Crippen LogP contribution in [0.1, 0.15) is 5.56 Å². The Hall–Kier alpha value is -3.56. The number of para-hydroxylation sites is 2. The van der Waals surface area contributed by atoms with Crippen molar-refractivity contribution >= 4 is 35.0 Å². The Kier molecular flexibility index (Phi) is 5.87. The monoisotopic (exact) mass is 373 g/mol. The Morgan fingerprint density at radius 1 is 0.741 bits per heavy atom. The van der Waals surface area contributed by atoms with Crippen LogP contribution < -0.4 is 10.6 Å². The zero-order valence-electron chi connectivity index (χ0n) is 14.2. The zero-order chi connectivity index (χ0) is 19.1. The van der Waals surface area contributed by atoms with Crippen molar-refractivity contribution in [3.63, 3.8) is 0 Å². The fourth-order valence-corrected chi connectivity index (χ4v) is 3.24. The fraction of sp³-hybridized carbons (Fsp3) is 0. The summed E-state index contributed by atoms with van der Waals surface area (Å²) in [5.74, 6) is -1.64. The average Bonchev–Trinajstić information content (AvgIpc) is 2.70. The molecule has 0 aromatic heterocycles. The first kappa shape index (κ1) is 18.2. The second-order valence-corrected chi connectivity index (χ2v) is 6.59. The number of benzene rings is 3. The number of nitrogens with zero attached hydrogens (tertiary/aromatic N) is 1. The third kappa shape index (κ3) is 4.75. The topological polar surface area (TPSA) is 82.0 Å². The summed E-state index contributed by atoms with van der Waals surface area (Å²) in [7, 11) is 0. The smallest absolute Gasteiger partial charge is 0.314 e. The lowest BCUT2D eigenvalue weighted by Crippen LogP contribution is -2.29. The maximum atomic E-state index is 12.3. The van der Waals surface area contributed by atoms with Gasteiger partial charge >= 0.3 is 11.8 Å². The van der Waals surface area contributed by atoms with E-state index in [1.165, 1.54) is 11.8 Å². The van der Waals surface area contributed by atoms with Gasteiger partial charge in [0.2, 0.25) is 0 Å². The van der Waals surface area contributed by atoms with E-state index >= 15 is 0 Å². The summed E-state index contributed by atoms with van der Waals surface area (Å²) in [4.78, 5) is 26.4. The van der Waals surface area contributed by atoms with Gasteiger partial charge < -0.3 is 10.6 Å². The van der Waals surface area contributed by atoms with Crippen LogP contribution in [-0.4, -0.2) is 11.8 Å². The molecule has 27 heavy (non-hydrogen) atoms. The van der Waals surface area contributed by atoms with Gasteiger partial charge in [0.1, 0.15) is 6.07 Å². The van der Waals surface area contributed by atoms with E-state index in [1.54, 1.807) is 36.4 Å². The van der Waals surface area contributed by atoms with Crippen LogP contribution in [0.15, 0.2) is 88.7 Å². The Labute approximate surface area is 161 Å². The lowest BCUT2D eigenvalue weighted by molar-refractivity contribution is -0.133. The molecular weight excluding hydrogens is 358 g/mol. The number of nitrogens with one attached hydrogen (secondary N) is 2. The molecule has 0 unspecified atom stereocenters. The minimum Gasteiger partial charge on any atom is -0.317 e. The summed E-state index contributed by atoms with van der Waals surface area (Å²) in [5.41, 5.74) is 1.13. The van der Waals surface area contributed by atoms with Gasteiger partial charge in [-0.2, -0.15) is 5.26 Å². The molecule has 0 saturated heterocycles. The Morgan fingerprint density at radius 3 is 2.00 bits per heavy atom. The van der Waals surface area contributed by atoms with Crippen molar-refractivity contribution in [2.45, 2.75) is 9.79 Å². The Bertz CT molecular complexity index is 1010. The van der Waals surface area contributed by atoms with Crippen molar-refractivity contribution in [3.8, 4) is 6.07 Å². The molecule has 3 rings (SSSR count). The molecule has 0 saturated carbocycles. The third-order valence-corrected chi connectivity index (χ3v) is 4.69. The summed E-state index contributed by atoms with van der Waals surface area (Å²) in [6.45, 7) is 0. The largest absolute Gasteiger partial charge is 0.317 e. The number of nitriles is 1. The number of hydrogen-bond donors (Lipinski definition) is 2. The molecule has 3 aromatic carbocycles.